The molecule has 0 aliphatic carbocycles. The van der Waals surface area contributed by atoms with E-state index < -0.39 is 0 Å². The first-order valence-electron chi connectivity index (χ1n) is 16.2. The van der Waals surface area contributed by atoms with E-state index in [-0.39, 0.29) is 46.9 Å². The Kier molecular flexibility index (Phi) is 8.72. The number of rotatable bonds is 7. The Labute approximate surface area is 275 Å². The smallest absolute Gasteiger partial charge is 0.319 e. The summed E-state index contributed by atoms with van der Waals surface area (Å²) in [6.45, 7) is 14.5. The fourth-order valence-corrected chi connectivity index (χ4v) is 6.94. The third-order valence-corrected chi connectivity index (χ3v) is 9.42. The molecule has 2 aromatic carbocycles. The molecule has 2 aromatic heterocycles. The van der Waals surface area contributed by atoms with Crippen LogP contribution >= 0.6 is 0 Å². The largest absolute Gasteiger partial charge is 0.462 e. The van der Waals surface area contributed by atoms with Crippen LogP contribution in [0, 0.1) is 18.3 Å². The van der Waals surface area contributed by atoms with Gasteiger partial charge >= 0.3 is 6.01 Å². The lowest BCUT2D eigenvalue weighted by atomic mass is 9.83. The first-order valence-corrected chi connectivity index (χ1v) is 16.2. The van der Waals surface area contributed by atoms with Crippen molar-refractivity contribution in [2.45, 2.75) is 64.5 Å². The fraction of sp³-hybridized carbons (Fsp3) is 0.444. The van der Waals surface area contributed by atoms with E-state index in [1.807, 2.05) is 30.0 Å². The van der Waals surface area contributed by atoms with Crippen molar-refractivity contribution in [3.8, 4) is 17.8 Å². The summed E-state index contributed by atoms with van der Waals surface area (Å²) in [5.74, 6) is 0.738. The van der Waals surface area contributed by atoms with Gasteiger partial charge in [-0.05, 0) is 61.9 Å². The molecule has 0 unspecified atom stereocenters. The number of hydrogen-bond donors (Lipinski definition) is 0. The first-order chi connectivity index (χ1) is 22.5. The Bertz CT molecular complexity index is 1950. The van der Waals surface area contributed by atoms with Crippen LogP contribution in [0.2, 0.25) is 0 Å². The highest BCUT2D eigenvalue weighted by atomic mass is 16.5. The van der Waals surface area contributed by atoms with Crippen LogP contribution in [0.1, 0.15) is 51.4 Å². The molecule has 2 aliphatic rings. The minimum atomic E-state index is -0.381. The van der Waals surface area contributed by atoms with Gasteiger partial charge in [0.1, 0.15) is 17.9 Å². The minimum Gasteiger partial charge on any atom is -0.462 e. The van der Waals surface area contributed by atoms with Gasteiger partial charge < -0.3 is 19.4 Å². The second kappa shape index (κ2) is 12.8. The minimum absolute atomic E-state index is 0.108. The number of carbonyl (C=O) groups excluding carboxylic acids is 1. The van der Waals surface area contributed by atoms with E-state index in [0.29, 0.717) is 43.4 Å². The van der Waals surface area contributed by atoms with E-state index in [0.717, 1.165) is 41.4 Å². The van der Waals surface area contributed by atoms with Gasteiger partial charge in [-0.1, -0.05) is 57.7 Å². The second-order valence-electron chi connectivity index (χ2n) is 13.5. The van der Waals surface area contributed by atoms with Gasteiger partial charge in [-0.15, -0.1) is 0 Å². The van der Waals surface area contributed by atoms with Crippen LogP contribution < -0.4 is 15.2 Å². The number of likely N-dealkylation sites (N-methyl/N-ethyl adjacent to an activating group) is 1. The van der Waals surface area contributed by atoms with Crippen molar-refractivity contribution < 1.29 is 9.53 Å². The Morgan fingerprint density at radius 2 is 1.85 bits per heavy atom. The summed E-state index contributed by atoms with van der Waals surface area (Å²) < 4.78 is 7.86. The summed E-state index contributed by atoms with van der Waals surface area (Å²) in [6.07, 6.45) is 3.53. The number of nitriles is 1. The maximum Gasteiger partial charge on any atom is 0.319 e. The van der Waals surface area contributed by atoms with Gasteiger partial charge in [0, 0.05) is 31.1 Å². The molecule has 0 bridgehead atoms. The number of carbonyl (C=O) groups is 1. The molecule has 4 aromatic rings. The SMILES string of the molecule is C=CC(=O)N1CCN(c2nc(OC[C@@H]3CCCN3C)nc3c(=O)n(-c4cccc5cccc(C(C)(C)C)c45)c(C)nc23)C[C@@H]1CC#N. The zero-order valence-corrected chi connectivity index (χ0v) is 27.9. The van der Waals surface area contributed by atoms with Crippen LogP contribution in [0.3, 0.4) is 0 Å². The molecule has 2 aliphatic heterocycles. The highest BCUT2D eigenvalue weighted by Gasteiger charge is 2.32. The number of fused-ring (bicyclic) bond motifs is 2. The lowest BCUT2D eigenvalue weighted by Gasteiger charge is -2.40. The lowest BCUT2D eigenvalue weighted by Crippen LogP contribution is -2.55. The maximum absolute atomic E-state index is 14.6. The molecule has 1 amide bonds. The number of benzene rings is 2. The van der Waals surface area contributed by atoms with Gasteiger partial charge in [0.15, 0.2) is 11.3 Å². The molecule has 0 N–H and O–H groups in total. The number of nitrogens with zero attached hydrogens (tertiary/aromatic N) is 8. The molecule has 2 fully saturated rings. The van der Waals surface area contributed by atoms with Gasteiger partial charge in [0.05, 0.1) is 24.2 Å². The van der Waals surface area contributed by atoms with E-state index in [9.17, 15) is 14.9 Å². The molecule has 47 heavy (non-hydrogen) atoms. The zero-order valence-electron chi connectivity index (χ0n) is 27.9. The highest BCUT2D eigenvalue weighted by molar-refractivity contribution is 5.95. The third kappa shape index (κ3) is 6.05. The summed E-state index contributed by atoms with van der Waals surface area (Å²) in [7, 11) is 2.08. The number of aromatic nitrogens is 4. The van der Waals surface area contributed by atoms with Crippen LogP contribution in [0.15, 0.2) is 53.8 Å². The summed E-state index contributed by atoms with van der Waals surface area (Å²) in [4.78, 5) is 47.7. The molecule has 11 heteroatoms. The summed E-state index contributed by atoms with van der Waals surface area (Å²) in [5.41, 5.74) is 1.90. The van der Waals surface area contributed by atoms with Gasteiger partial charge in [-0.2, -0.15) is 15.2 Å². The molecule has 0 radical (unpaired) electrons. The van der Waals surface area contributed by atoms with Gasteiger partial charge in [-0.25, -0.2) is 4.98 Å². The molecular weight excluding hydrogens is 592 g/mol. The molecule has 0 saturated carbocycles. The average Bonchev–Trinajstić information content (AvgIpc) is 3.47. The van der Waals surface area contributed by atoms with Crippen molar-refractivity contribution in [3.05, 3.63) is 70.8 Å². The predicted octanol–water partition coefficient (Wildman–Crippen LogP) is 4.52. The Hall–Kier alpha value is -4.82. The van der Waals surface area contributed by atoms with Gasteiger partial charge in [-0.3, -0.25) is 14.2 Å². The number of aryl methyl sites for hydroxylation is 1. The first kappa shape index (κ1) is 32.1. The number of piperazine rings is 1. The third-order valence-electron chi connectivity index (χ3n) is 9.42. The van der Waals surface area contributed by atoms with Gasteiger partial charge in [0.2, 0.25) is 5.91 Å². The molecule has 6 rings (SSSR count). The van der Waals surface area contributed by atoms with E-state index in [1.54, 1.807) is 9.47 Å². The second-order valence-corrected chi connectivity index (χ2v) is 13.5. The Morgan fingerprint density at radius 3 is 2.53 bits per heavy atom. The molecular formula is C36H42N8O3. The molecule has 4 heterocycles. The van der Waals surface area contributed by atoms with Crippen LogP contribution in [0.5, 0.6) is 6.01 Å². The fourth-order valence-electron chi connectivity index (χ4n) is 6.94. The molecule has 0 spiro atoms. The Balaban J connectivity index is 1.53. The van der Waals surface area contributed by atoms with Crippen molar-refractivity contribution in [1.82, 2.24) is 29.3 Å². The van der Waals surface area contributed by atoms with Crippen molar-refractivity contribution >= 4 is 33.5 Å². The standard InChI is InChI=1S/C36H42N8O3/c1-7-29(45)43-20-19-42(21-25(43)16-17-37)33-31-32(39-35(40-33)47-22-26-13-10-18-41(26)6)34(46)44(23(2)38-31)28-15-9-12-24-11-8-14-27(30(24)28)36(3,4)5/h7-9,11-12,14-15,25-26H,1,10,13,16,18-22H2,2-6H3/t25-,26-/m0/s1. The van der Waals surface area contributed by atoms with Crippen molar-refractivity contribution in [2.24, 2.45) is 0 Å². The normalized spacial score (nSPS) is 18.9. The maximum atomic E-state index is 14.6. The number of likely N-dealkylation sites (tertiary alicyclic amines) is 1. The zero-order chi connectivity index (χ0) is 33.5. The number of ether oxygens (including phenoxy) is 1. The van der Waals surface area contributed by atoms with Crippen molar-refractivity contribution in [2.75, 3.05) is 44.7 Å². The molecule has 2 atom stereocenters. The van der Waals surface area contributed by atoms with E-state index >= 15 is 0 Å². The average molecular weight is 635 g/mol. The summed E-state index contributed by atoms with van der Waals surface area (Å²) >= 11 is 0. The molecule has 244 valence electrons. The monoisotopic (exact) mass is 634 g/mol. The Morgan fingerprint density at radius 1 is 1.09 bits per heavy atom. The number of hydrogen-bond acceptors (Lipinski definition) is 9. The van der Waals surface area contributed by atoms with Crippen LogP contribution in [-0.4, -0.2) is 87.1 Å². The number of amides is 1. The summed E-state index contributed by atoms with van der Waals surface area (Å²) in [6, 6.07) is 14.4. The van der Waals surface area contributed by atoms with E-state index in [4.69, 9.17) is 19.7 Å². The van der Waals surface area contributed by atoms with Crippen LogP contribution in [0.25, 0.3) is 27.5 Å². The van der Waals surface area contributed by atoms with Gasteiger partial charge in [0.25, 0.3) is 5.56 Å². The lowest BCUT2D eigenvalue weighted by molar-refractivity contribution is -0.128. The number of anilines is 1. The summed E-state index contributed by atoms with van der Waals surface area (Å²) in [5, 5.41) is 11.6. The van der Waals surface area contributed by atoms with Crippen LogP contribution in [0.4, 0.5) is 5.82 Å². The molecule has 11 nitrogen and oxygen atoms in total. The quantitative estimate of drug-likeness (QED) is 0.270. The highest BCUT2D eigenvalue weighted by Crippen LogP contribution is 2.35. The van der Waals surface area contributed by atoms with E-state index in [1.165, 1.54) is 6.08 Å². The van der Waals surface area contributed by atoms with Crippen molar-refractivity contribution in [3.63, 3.8) is 0 Å². The topological polar surface area (TPSA) is 120 Å². The predicted molar refractivity (Wildman–Crippen MR) is 183 cm³/mol. The van der Waals surface area contributed by atoms with Crippen molar-refractivity contribution in [1.29, 1.82) is 5.26 Å². The van der Waals surface area contributed by atoms with E-state index in [2.05, 4.69) is 63.6 Å². The van der Waals surface area contributed by atoms with Crippen LogP contribution in [-0.2, 0) is 10.2 Å². The molecule has 2 saturated heterocycles.